The van der Waals surface area contributed by atoms with Crippen LogP contribution in [0.4, 0.5) is 4.39 Å². The zero-order valence-electron chi connectivity index (χ0n) is 19.4. The molecule has 1 unspecified atom stereocenters. The molecule has 8 heteroatoms. The van der Waals surface area contributed by atoms with Gasteiger partial charge in [0.1, 0.15) is 11.5 Å². The van der Waals surface area contributed by atoms with Gasteiger partial charge in [-0.15, -0.1) is 21.5 Å². The summed E-state index contributed by atoms with van der Waals surface area (Å²) >= 11 is 3.41. The van der Waals surface area contributed by atoms with Crippen molar-refractivity contribution in [1.82, 2.24) is 25.1 Å². The number of aromatic nitrogens is 4. The summed E-state index contributed by atoms with van der Waals surface area (Å²) in [4.78, 5) is 4.40. The standard InChI is InChI=1S/C25H34FN5S2/c1-2-11-31-24(23-17-32-18-28-23)29-30-25(31)33-12-7-5-3-4-6-10-27-16-19-13-20-8-9-22(26)15-21(20)14-19/h8-9,15,17-19,27H,2-7,10-14,16H2,1H3. The van der Waals surface area contributed by atoms with Gasteiger partial charge in [0.15, 0.2) is 11.0 Å². The Labute approximate surface area is 204 Å². The zero-order valence-corrected chi connectivity index (χ0v) is 21.1. The molecule has 0 saturated heterocycles. The lowest BCUT2D eigenvalue weighted by Gasteiger charge is -2.10. The summed E-state index contributed by atoms with van der Waals surface area (Å²) in [6, 6.07) is 5.25. The van der Waals surface area contributed by atoms with Crippen molar-refractivity contribution < 1.29 is 4.39 Å². The maximum absolute atomic E-state index is 13.4. The Balaban J connectivity index is 1.05. The molecule has 0 bridgehead atoms. The lowest BCUT2D eigenvalue weighted by Crippen LogP contribution is -2.24. The first-order chi connectivity index (χ1) is 16.2. The molecular weight excluding hydrogens is 453 g/mol. The number of rotatable bonds is 14. The number of fused-ring (bicyclic) bond motifs is 1. The van der Waals surface area contributed by atoms with Gasteiger partial charge in [-0.1, -0.05) is 44.0 Å². The second-order valence-electron chi connectivity index (χ2n) is 8.84. The van der Waals surface area contributed by atoms with E-state index in [4.69, 9.17) is 0 Å². The first kappa shape index (κ1) is 24.4. The smallest absolute Gasteiger partial charge is 0.191 e. The number of unbranched alkanes of at least 4 members (excludes halogenated alkanes) is 4. The van der Waals surface area contributed by atoms with Crippen molar-refractivity contribution in [3.8, 4) is 11.5 Å². The highest BCUT2D eigenvalue weighted by molar-refractivity contribution is 7.99. The van der Waals surface area contributed by atoms with Gasteiger partial charge in [0.2, 0.25) is 0 Å². The average Bonchev–Trinajstić information content (AvgIpc) is 3.55. The van der Waals surface area contributed by atoms with Crippen molar-refractivity contribution in [3.05, 3.63) is 46.0 Å². The number of hydrogen-bond donors (Lipinski definition) is 1. The molecule has 178 valence electrons. The van der Waals surface area contributed by atoms with Crippen molar-refractivity contribution in [3.63, 3.8) is 0 Å². The second kappa shape index (κ2) is 12.6. The Morgan fingerprint density at radius 3 is 2.82 bits per heavy atom. The monoisotopic (exact) mass is 487 g/mol. The molecule has 1 aromatic carbocycles. The van der Waals surface area contributed by atoms with E-state index >= 15 is 0 Å². The number of thioether (sulfide) groups is 1. The summed E-state index contributed by atoms with van der Waals surface area (Å²) in [6.07, 6.45) is 9.39. The van der Waals surface area contributed by atoms with E-state index in [0.29, 0.717) is 5.92 Å². The Bertz CT molecular complexity index is 989. The zero-order chi connectivity index (χ0) is 22.9. The highest BCUT2D eigenvalue weighted by atomic mass is 32.2. The molecule has 1 aliphatic carbocycles. The van der Waals surface area contributed by atoms with Crippen LogP contribution in [-0.2, 0) is 19.4 Å². The van der Waals surface area contributed by atoms with Crippen molar-refractivity contribution in [2.45, 2.75) is 70.0 Å². The molecule has 3 aromatic rings. The van der Waals surface area contributed by atoms with Gasteiger partial charge in [-0.05, 0) is 74.4 Å². The highest BCUT2D eigenvalue weighted by Crippen LogP contribution is 2.27. The molecule has 2 aromatic heterocycles. The first-order valence-electron chi connectivity index (χ1n) is 12.2. The Morgan fingerprint density at radius 1 is 1.12 bits per heavy atom. The normalized spacial score (nSPS) is 15.3. The van der Waals surface area contributed by atoms with E-state index in [1.54, 1.807) is 23.5 Å². The second-order valence-corrected chi connectivity index (χ2v) is 10.6. The van der Waals surface area contributed by atoms with E-state index in [1.807, 2.05) is 28.7 Å². The van der Waals surface area contributed by atoms with E-state index in [1.165, 1.54) is 43.2 Å². The molecule has 2 heterocycles. The molecule has 1 aliphatic rings. The number of nitrogens with one attached hydrogen (secondary N) is 1. The van der Waals surface area contributed by atoms with Crippen LogP contribution in [-0.4, -0.2) is 38.6 Å². The first-order valence-corrected chi connectivity index (χ1v) is 14.1. The molecule has 0 fully saturated rings. The summed E-state index contributed by atoms with van der Waals surface area (Å²) in [5.41, 5.74) is 5.30. The number of thiazole rings is 1. The number of benzene rings is 1. The van der Waals surface area contributed by atoms with Gasteiger partial charge < -0.3 is 9.88 Å². The minimum atomic E-state index is -0.107. The molecule has 0 saturated carbocycles. The maximum Gasteiger partial charge on any atom is 0.191 e. The van der Waals surface area contributed by atoms with Crippen LogP contribution < -0.4 is 5.32 Å². The van der Waals surface area contributed by atoms with Crippen LogP contribution in [0.15, 0.2) is 34.2 Å². The summed E-state index contributed by atoms with van der Waals surface area (Å²) < 4.78 is 15.6. The summed E-state index contributed by atoms with van der Waals surface area (Å²) in [5, 5.41) is 15.5. The van der Waals surface area contributed by atoms with Gasteiger partial charge in [-0.3, -0.25) is 0 Å². The van der Waals surface area contributed by atoms with Gasteiger partial charge in [-0.2, -0.15) is 0 Å². The topological polar surface area (TPSA) is 55.6 Å². The number of nitrogens with zero attached hydrogens (tertiary/aromatic N) is 4. The number of halogens is 1. The fourth-order valence-electron chi connectivity index (χ4n) is 4.51. The van der Waals surface area contributed by atoms with Crippen molar-refractivity contribution in [2.75, 3.05) is 18.8 Å². The molecule has 0 aliphatic heterocycles. The predicted octanol–water partition coefficient (Wildman–Crippen LogP) is 6.00. The van der Waals surface area contributed by atoms with Crippen molar-refractivity contribution in [2.24, 2.45) is 5.92 Å². The molecule has 1 N–H and O–H groups in total. The van der Waals surface area contributed by atoms with Crippen molar-refractivity contribution in [1.29, 1.82) is 0 Å². The number of hydrogen-bond acceptors (Lipinski definition) is 6. The fraction of sp³-hybridized carbons (Fsp3) is 0.560. The highest BCUT2D eigenvalue weighted by Gasteiger charge is 2.21. The Kier molecular flexibility index (Phi) is 9.32. The molecule has 0 amide bonds. The lowest BCUT2D eigenvalue weighted by atomic mass is 10.1. The van der Waals surface area contributed by atoms with Gasteiger partial charge in [0.05, 0.1) is 5.51 Å². The molecule has 1 atom stereocenters. The van der Waals surface area contributed by atoms with E-state index in [2.05, 4.69) is 32.0 Å². The minimum absolute atomic E-state index is 0.107. The molecule has 5 nitrogen and oxygen atoms in total. The average molecular weight is 488 g/mol. The van der Waals surface area contributed by atoms with E-state index in [9.17, 15) is 4.39 Å². The third-order valence-electron chi connectivity index (χ3n) is 6.17. The van der Waals surface area contributed by atoms with E-state index in [0.717, 1.165) is 61.3 Å². The fourth-order valence-corrected chi connectivity index (χ4v) is 6.00. The molecular formula is C25H34FN5S2. The Hall–Kier alpha value is -1.77. The maximum atomic E-state index is 13.4. The molecule has 33 heavy (non-hydrogen) atoms. The van der Waals surface area contributed by atoms with Crippen LogP contribution in [0.5, 0.6) is 0 Å². The Morgan fingerprint density at radius 2 is 1.97 bits per heavy atom. The van der Waals surface area contributed by atoms with Crippen molar-refractivity contribution >= 4 is 23.1 Å². The van der Waals surface area contributed by atoms with E-state index < -0.39 is 0 Å². The summed E-state index contributed by atoms with van der Waals surface area (Å²) in [6.45, 7) is 5.23. The molecule has 0 spiro atoms. The van der Waals surface area contributed by atoms with Crippen LogP contribution in [0.25, 0.3) is 11.5 Å². The van der Waals surface area contributed by atoms with Crippen LogP contribution in [0.3, 0.4) is 0 Å². The van der Waals surface area contributed by atoms with E-state index in [-0.39, 0.29) is 5.82 Å². The lowest BCUT2D eigenvalue weighted by molar-refractivity contribution is 0.485. The predicted molar refractivity (Wildman–Crippen MR) is 135 cm³/mol. The molecule has 4 rings (SSSR count). The largest absolute Gasteiger partial charge is 0.316 e. The summed E-state index contributed by atoms with van der Waals surface area (Å²) in [5.74, 6) is 2.48. The van der Waals surface area contributed by atoms with Gasteiger partial charge in [-0.25, -0.2) is 9.37 Å². The summed E-state index contributed by atoms with van der Waals surface area (Å²) in [7, 11) is 0. The molecule has 0 radical (unpaired) electrons. The quantitative estimate of drug-likeness (QED) is 0.223. The van der Waals surface area contributed by atoms with Gasteiger partial charge in [0.25, 0.3) is 0 Å². The minimum Gasteiger partial charge on any atom is -0.316 e. The third kappa shape index (κ3) is 6.87. The van der Waals surface area contributed by atoms with Crippen LogP contribution in [0, 0.1) is 11.7 Å². The van der Waals surface area contributed by atoms with Crippen LogP contribution in [0.2, 0.25) is 0 Å². The SMILES string of the molecule is CCCn1c(SCCCCCCCNCC2Cc3ccc(F)cc3C2)nnc1-c1cscn1. The third-order valence-corrected chi connectivity index (χ3v) is 7.81. The van der Waals surface area contributed by atoms with Gasteiger partial charge >= 0.3 is 0 Å². The van der Waals surface area contributed by atoms with Crippen LogP contribution >= 0.6 is 23.1 Å². The van der Waals surface area contributed by atoms with Gasteiger partial charge in [0, 0.05) is 17.7 Å². The van der Waals surface area contributed by atoms with Crippen LogP contribution in [0.1, 0.15) is 56.6 Å².